The molecule has 0 heterocycles. The van der Waals surface area contributed by atoms with Gasteiger partial charge in [0.25, 0.3) is 5.91 Å². The number of hydrogen-bond acceptors (Lipinski definition) is 1. The van der Waals surface area contributed by atoms with Crippen LogP contribution in [0.25, 0.3) is 0 Å². The van der Waals surface area contributed by atoms with Crippen molar-refractivity contribution in [3.05, 3.63) is 35.4 Å². The molecule has 1 unspecified atom stereocenters. The highest BCUT2D eigenvalue weighted by atomic mass is 35.5. The fourth-order valence-electron chi connectivity index (χ4n) is 2.15. The highest BCUT2D eigenvalue weighted by molar-refractivity contribution is 6.17. The van der Waals surface area contributed by atoms with E-state index in [0.29, 0.717) is 17.5 Å². The van der Waals surface area contributed by atoms with E-state index in [2.05, 4.69) is 12.2 Å². The summed E-state index contributed by atoms with van der Waals surface area (Å²) in [5.74, 6) is 1.30. The van der Waals surface area contributed by atoms with Crippen molar-refractivity contribution >= 4 is 17.5 Å². The second-order valence-corrected chi connectivity index (χ2v) is 5.36. The minimum Gasteiger partial charge on any atom is -0.349 e. The molecular formula is C15H20ClNO. The summed E-state index contributed by atoms with van der Waals surface area (Å²) < 4.78 is 0. The van der Waals surface area contributed by atoms with Crippen molar-refractivity contribution in [3.63, 3.8) is 0 Å². The summed E-state index contributed by atoms with van der Waals surface area (Å²) in [7, 11) is 0. The fraction of sp³-hybridized carbons (Fsp3) is 0.533. The van der Waals surface area contributed by atoms with E-state index in [1.807, 2.05) is 24.3 Å². The number of rotatable bonds is 6. The topological polar surface area (TPSA) is 29.1 Å². The first-order chi connectivity index (χ1) is 8.72. The Morgan fingerprint density at radius 1 is 1.50 bits per heavy atom. The van der Waals surface area contributed by atoms with Crippen LogP contribution in [0, 0.1) is 5.92 Å². The van der Waals surface area contributed by atoms with Gasteiger partial charge in [-0.15, -0.1) is 11.6 Å². The van der Waals surface area contributed by atoms with Gasteiger partial charge >= 0.3 is 0 Å². The molecular weight excluding hydrogens is 246 g/mol. The maximum Gasteiger partial charge on any atom is 0.251 e. The van der Waals surface area contributed by atoms with Crippen LogP contribution in [0.5, 0.6) is 0 Å². The van der Waals surface area contributed by atoms with E-state index in [1.165, 1.54) is 12.8 Å². The smallest absolute Gasteiger partial charge is 0.251 e. The average Bonchev–Trinajstić information content (AvgIpc) is 3.21. The second-order valence-electron chi connectivity index (χ2n) is 5.09. The van der Waals surface area contributed by atoms with Crippen molar-refractivity contribution in [3.8, 4) is 0 Å². The Labute approximate surface area is 114 Å². The number of halogens is 1. The molecule has 0 spiro atoms. The van der Waals surface area contributed by atoms with E-state index >= 15 is 0 Å². The molecule has 0 bridgehead atoms. The molecule has 0 aliphatic heterocycles. The van der Waals surface area contributed by atoms with Crippen molar-refractivity contribution < 1.29 is 4.79 Å². The third-order valence-electron chi connectivity index (χ3n) is 3.49. The van der Waals surface area contributed by atoms with Crippen LogP contribution >= 0.6 is 11.6 Å². The lowest BCUT2D eigenvalue weighted by atomic mass is 10.1. The van der Waals surface area contributed by atoms with Gasteiger partial charge in [-0.1, -0.05) is 31.9 Å². The molecule has 1 N–H and O–H groups in total. The zero-order valence-electron chi connectivity index (χ0n) is 10.8. The largest absolute Gasteiger partial charge is 0.349 e. The van der Waals surface area contributed by atoms with Crippen LogP contribution in [0.1, 0.15) is 48.5 Å². The number of benzene rings is 1. The maximum absolute atomic E-state index is 12.1. The molecule has 1 amide bonds. The van der Waals surface area contributed by atoms with Crippen LogP contribution in [0.2, 0.25) is 0 Å². The molecule has 98 valence electrons. The lowest BCUT2D eigenvalue weighted by molar-refractivity contribution is 0.0932. The lowest BCUT2D eigenvalue weighted by Crippen LogP contribution is -2.34. The van der Waals surface area contributed by atoms with Gasteiger partial charge in [-0.3, -0.25) is 4.79 Å². The van der Waals surface area contributed by atoms with Crippen LogP contribution in [0.15, 0.2) is 24.3 Å². The van der Waals surface area contributed by atoms with E-state index in [9.17, 15) is 4.79 Å². The number of carbonyl (C=O) groups excluding carboxylic acids is 1. The van der Waals surface area contributed by atoms with Gasteiger partial charge in [0.15, 0.2) is 0 Å². The minimum atomic E-state index is 0.0227. The third kappa shape index (κ3) is 3.74. The van der Waals surface area contributed by atoms with E-state index in [-0.39, 0.29) is 5.91 Å². The Morgan fingerprint density at radius 3 is 2.89 bits per heavy atom. The van der Waals surface area contributed by atoms with Crippen molar-refractivity contribution in [1.82, 2.24) is 5.32 Å². The highest BCUT2D eigenvalue weighted by Gasteiger charge is 2.25. The van der Waals surface area contributed by atoms with Crippen LogP contribution in [0.4, 0.5) is 0 Å². The van der Waals surface area contributed by atoms with Gasteiger partial charge in [0.1, 0.15) is 0 Å². The minimum absolute atomic E-state index is 0.0227. The first-order valence-corrected chi connectivity index (χ1v) is 7.22. The standard InChI is InChI=1S/C15H20ClNO/c1-2-14(9-11-6-7-11)17-15(18)13-5-3-4-12(8-13)10-16/h3-5,8,11,14H,2,6-7,9-10H2,1H3,(H,17,18). The zero-order chi connectivity index (χ0) is 13.0. The molecule has 1 aromatic rings. The molecule has 2 nitrogen and oxygen atoms in total. The Hall–Kier alpha value is -1.02. The zero-order valence-corrected chi connectivity index (χ0v) is 11.5. The van der Waals surface area contributed by atoms with Gasteiger partial charge < -0.3 is 5.32 Å². The fourth-order valence-corrected chi connectivity index (χ4v) is 2.31. The molecule has 3 heteroatoms. The van der Waals surface area contributed by atoms with Crippen molar-refractivity contribution in [2.24, 2.45) is 5.92 Å². The molecule has 0 radical (unpaired) electrons. The molecule has 0 aromatic heterocycles. The molecule has 0 saturated heterocycles. The second kappa shape index (κ2) is 6.24. The SMILES string of the molecule is CCC(CC1CC1)NC(=O)c1cccc(CCl)c1. The summed E-state index contributed by atoms with van der Waals surface area (Å²) in [6.45, 7) is 2.13. The number of hydrogen-bond donors (Lipinski definition) is 1. The van der Waals surface area contributed by atoms with Gasteiger partial charge in [-0.25, -0.2) is 0 Å². The molecule has 1 aliphatic carbocycles. The molecule has 1 atom stereocenters. The van der Waals surface area contributed by atoms with Crippen molar-refractivity contribution in [2.45, 2.75) is 44.5 Å². The first kappa shape index (κ1) is 13.4. The lowest BCUT2D eigenvalue weighted by Gasteiger charge is -2.16. The predicted octanol–water partition coefficient (Wildman–Crippen LogP) is 3.73. The Morgan fingerprint density at radius 2 is 2.28 bits per heavy atom. The summed E-state index contributed by atoms with van der Waals surface area (Å²) >= 11 is 5.78. The van der Waals surface area contributed by atoms with Crippen molar-refractivity contribution in [1.29, 1.82) is 0 Å². The van der Waals surface area contributed by atoms with Gasteiger partial charge in [0.05, 0.1) is 0 Å². The number of amides is 1. The van der Waals surface area contributed by atoms with Gasteiger partial charge in [0.2, 0.25) is 0 Å². The summed E-state index contributed by atoms with van der Waals surface area (Å²) in [6.07, 6.45) is 4.77. The predicted molar refractivity (Wildman–Crippen MR) is 74.9 cm³/mol. The van der Waals surface area contributed by atoms with Crippen LogP contribution in [-0.2, 0) is 5.88 Å². The summed E-state index contributed by atoms with van der Waals surface area (Å²) in [5, 5.41) is 3.12. The molecule has 2 rings (SSSR count). The van der Waals surface area contributed by atoms with E-state index in [4.69, 9.17) is 11.6 Å². The summed E-state index contributed by atoms with van der Waals surface area (Å²) in [6, 6.07) is 7.84. The van der Waals surface area contributed by atoms with Crippen molar-refractivity contribution in [2.75, 3.05) is 0 Å². The van der Waals surface area contributed by atoms with E-state index in [0.717, 1.165) is 24.3 Å². The molecule has 1 aromatic carbocycles. The Bertz CT molecular complexity index is 415. The molecule has 1 aliphatic rings. The van der Waals surface area contributed by atoms with E-state index < -0.39 is 0 Å². The number of carbonyl (C=O) groups is 1. The van der Waals surface area contributed by atoms with Crippen LogP contribution in [0.3, 0.4) is 0 Å². The van der Waals surface area contributed by atoms with Crippen LogP contribution in [-0.4, -0.2) is 11.9 Å². The highest BCUT2D eigenvalue weighted by Crippen LogP contribution is 2.34. The number of nitrogens with one attached hydrogen (secondary N) is 1. The van der Waals surface area contributed by atoms with Gasteiger partial charge in [0, 0.05) is 17.5 Å². The maximum atomic E-state index is 12.1. The van der Waals surface area contributed by atoms with Gasteiger partial charge in [-0.05, 0) is 36.5 Å². The Kier molecular flexibility index (Phi) is 4.65. The monoisotopic (exact) mass is 265 g/mol. The first-order valence-electron chi connectivity index (χ1n) is 6.68. The normalized spacial score (nSPS) is 16.3. The third-order valence-corrected chi connectivity index (χ3v) is 3.79. The summed E-state index contributed by atoms with van der Waals surface area (Å²) in [5.41, 5.74) is 1.70. The molecule has 18 heavy (non-hydrogen) atoms. The van der Waals surface area contributed by atoms with Crippen LogP contribution < -0.4 is 5.32 Å². The number of alkyl halides is 1. The Balaban J connectivity index is 1.96. The molecule has 1 saturated carbocycles. The average molecular weight is 266 g/mol. The quantitative estimate of drug-likeness (QED) is 0.780. The molecule has 1 fully saturated rings. The summed E-state index contributed by atoms with van der Waals surface area (Å²) in [4.78, 5) is 12.1. The van der Waals surface area contributed by atoms with Gasteiger partial charge in [-0.2, -0.15) is 0 Å². The van der Waals surface area contributed by atoms with E-state index in [1.54, 1.807) is 0 Å².